The van der Waals surface area contributed by atoms with E-state index in [0.717, 1.165) is 17.2 Å². The molecule has 0 aliphatic rings. The molecule has 3 heteroatoms. The molecule has 0 aliphatic heterocycles. The summed E-state index contributed by atoms with van der Waals surface area (Å²) in [5.41, 5.74) is 1.53. The van der Waals surface area contributed by atoms with Crippen LogP contribution in [0.3, 0.4) is 0 Å². The van der Waals surface area contributed by atoms with Crippen molar-refractivity contribution in [2.75, 3.05) is 0 Å². The predicted molar refractivity (Wildman–Crippen MR) is 47.3 cm³/mol. The fraction of sp³-hybridized carbons (Fsp3) is 0.100. The van der Waals surface area contributed by atoms with Gasteiger partial charge in [0.15, 0.2) is 0 Å². The van der Waals surface area contributed by atoms with Gasteiger partial charge in [0.1, 0.15) is 0 Å². The molecule has 13 heavy (non-hydrogen) atoms. The van der Waals surface area contributed by atoms with Crippen molar-refractivity contribution in [2.45, 2.75) is 6.92 Å². The first kappa shape index (κ1) is 9.32. The summed E-state index contributed by atoms with van der Waals surface area (Å²) in [7, 11) is 0. The van der Waals surface area contributed by atoms with Crippen LogP contribution < -0.4 is 5.11 Å². The monoisotopic (exact) mass is 177 g/mol. The summed E-state index contributed by atoms with van der Waals surface area (Å²) in [6, 6.07) is 4.49. The molecule has 0 unspecified atom stereocenters. The van der Waals surface area contributed by atoms with Crippen LogP contribution in [0.4, 0.5) is 0 Å². The molecule has 0 spiro atoms. The molecular weight excluding hydrogens is 168 g/mol. The van der Waals surface area contributed by atoms with Crippen molar-refractivity contribution in [3.63, 3.8) is 0 Å². The Hall–Kier alpha value is -1.77. The number of carboxylic acids is 1. The van der Waals surface area contributed by atoms with Gasteiger partial charge in [-0.1, -0.05) is 18.2 Å². The first-order chi connectivity index (χ1) is 6.09. The van der Waals surface area contributed by atoms with E-state index in [1.807, 2.05) is 0 Å². The minimum atomic E-state index is -0.995. The summed E-state index contributed by atoms with van der Waals surface area (Å²) in [4.78, 5) is 10.2. The molecule has 0 aliphatic carbocycles. The third-order valence-corrected chi connectivity index (χ3v) is 1.65. The molecule has 1 N–H and O–H groups in total. The molecule has 0 radical (unpaired) electrons. The van der Waals surface area contributed by atoms with Gasteiger partial charge in [-0.25, -0.2) is 4.79 Å². The maximum atomic E-state index is 10.8. The van der Waals surface area contributed by atoms with Crippen LogP contribution >= 0.6 is 0 Å². The van der Waals surface area contributed by atoms with Gasteiger partial charge in [-0.2, -0.15) is 0 Å². The van der Waals surface area contributed by atoms with Gasteiger partial charge < -0.3 is 10.2 Å². The van der Waals surface area contributed by atoms with E-state index in [9.17, 15) is 9.90 Å². The summed E-state index contributed by atoms with van der Waals surface area (Å²) in [5.74, 6) is -1.06. The average molecular weight is 177 g/mol. The van der Waals surface area contributed by atoms with Crippen LogP contribution in [-0.2, 0) is 4.79 Å². The van der Waals surface area contributed by atoms with Gasteiger partial charge in [0.05, 0.1) is 0 Å². The van der Waals surface area contributed by atoms with Crippen LogP contribution in [0, 0.1) is 6.92 Å². The minimum absolute atomic E-state index is 0.0648. The van der Waals surface area contributed by atoms with Crippen LogP contribution in [0.5, 0.6) is 5.75 Å². The molecule has 0 saturated heterocycles. The average Bonchev–Trinajstić information content (AvgIpc) is 2.02. The zero-order valence-corrected chi connectivity index (χ0v) is 7.15. The highest BCUT2D eigenvalue weighted by Crippen LogP contribution is 2.14. The van der Waals surface area contributed by atoms with Gasteiger partial charge in [-0.3, -0.25) is 0 Å². The number of rotatable bonds is 2. The molecule has 68 valence electrons. The fourth-order valence-corrected chi connectivity index (χ4v) is 0.996. The summed E-state index contributed by atoms with van der Waals surface area (Å²) >= 11 is 0. The molecule has 0 fully saturated rings. The van der Waals surface area contributed by atoms with Gasteiger partial charge >= 0.3 is 5.97 Å². The molecule has 0 atom stereocenters. The van der Waals surface area contributed by atoms with E-state index in [2.05, 4.69) is 0 Å². The van der Waals surface area contributed by atoms with Gasteiger partial charge in [0.2, 0.25) is 0 Å². The molecule has 1 aromatic rings. The zero-order chi connectivity index (χ0) is 9.84. The lowest BCUT2D eigenvalue weighted by Crippen LogP contribution is -1.91. The van der Waals surface area contributed by atoms with E-state index >= 15 is 0 Å². The lowest BCUT2D eigenvalue weighted by Gasteiger charge is -2.07. The van der Waals surface area contributed by atoms with Crippen molar-refractivity contribution in [3.05, 3.63) is 35.4 Å². The Labute approximate surface area is 76.0 Å². The van der Waals surface area contributed by atoms with E-state index in [-0.39, 0.29) is 5.75 Å². The van der Waals surface area contributed by atoms with Crippen LogP contribution in [0.25, 0.3) is 6.08 Å². The highest BCUT2D eigenvalue weighted by atomic mass is 16.4. The number of carbonyl (C=O) groups is 1. The first-order valence-corrected chi connectivity index (χ1v) is 3.78. The lowest BCUT2D eigenvalue weighted by atomic mass is 10.1. The zero-order valence-electron chi connectivity index (χ0n) is 7.15. The van der Waals surface area contributed by atoms with E-state index in [0.29, 0.717) is 0 Å². The Morgan fingerprint density at radius 3 is 2.77 bits per heavy atom. The maximum absolute atomic E-state index is 10.8. The predicted octanol–water partition coefficient (Wildman–Crippen LogP) is 1.17. The summed E-state index contributed by atoms with van der Waals surface area (Å²) in [5, 5.41) is 19.2. The third-order valence-electron chi connectivity index (χ3n) is 1.65. The second-order valence-electron chi connectivity index (χ2n) is 2.69. The smallest absolute Gasteiger partial charge is 0.328 e. The third kappa shape index (κ3) is 2.63. The lowest BCUT2D eigenvalue weighted by molar-refractivity contribution is -0.268. The minimum Gasteiger partial charge on any atom is -0.872 e. The number of hydrogen-bond donors (Lipinski definition) is 1. The highest BCUT2D eigenvalue weighted by molar-refractivity contribution is 5.85. The standard InChI is InChI=1S/C10H10O3/c1-7-6-9(11)4-2-8(7)3-5-10(12)13/h2-6,11H,1H3,(H,12,13)/p-1/b5-3+. The highest BCUT2D eigenvalue weighted by Gasteiger charge is 1.93. The van der Waals surface area contributed by atoms with Gasteiger partial charge in [-0.05, 0) is 24.1 Å². The molecule has 0 amide bonds. The first-order valence-electron chi connectivity index (χ1n) is 3.78. The number of hydrogen-bond acceptors (Lipinski definition) is 2. The second-order valence-corrected chi connectivity index (χ2v) is 2.69. The van der Waals surface area contributed by atoms with Gasteiger partial charge in [0, 0.05) is 6.08 Å². The number of carboxylic acid groups (broad SMARTS) is 1. The normalized spacial score (nSPS) is 10.5. The molecular formula is C10H9O3-. The topological polar surface area (TPSA) is 60.4 Å². The van der Waals surface area contributed by atoms with Crippen molar-refractivity contribution in [2.24, 2.45) is 0 Å². The SMILES string of the molecule is Cc1cc([O-])ccc1/C=C/C(=O)O. The van der Waals surface area contributed by atoms with Gasteiger partial charge in [-0.15, -0.1) is 5.75 Å². The Kier molecular flexibility index (Phi) is 2.69. The van der Waals surface area contributed by atoms with Crippen molar-refractivity contribution in [3.8, 4) is 5.75 Å². The molecule has 0 heterocycles. The Morgan fingerprint density at radius 1 is 1.54 bits per heavy atom. The maximum Gasteiger partial charge on any atom is 0.328 e. The molecule has 0 saturated carbocycles. The Balaban J connectivity index is 2.96. The van der Waals surface area contributed by atoms with Crippen molar-refractivity contribution < 1.29 is 15.0 Å². The molecule has 0 bridgehead atoms. The van der Waals surface area contributed by atoms with Crippen LogP contribution in [-0.4, -0.2) is 11.1 Å². The summed E-state index contributed by atoms with van der Waals surface area (Å²) < 4.78 is 0. The van der Waals surface area contributed by atoms with E-state index in [1.54, 1.807) is 13.0 Å². The van der Waals surface area contributed by atoms with Crippen LogP contribution in [0.2, 0.25) is 0 Å². The van der Waals surface area contributed by atoms with E-state index in [1.165, 1.54) is 18.2 Å². The second kappa shape index (κ2) is 3.76. The largest absolute Gasteiger partial charge is 0.872 e. The summed E-state index contributed by atoms with van der Waals surface area (Å²) in [6.07, 6.45) is 2.52. The van der Waals surface area contributed by atoms with E-state index in [4.69, 9.17) is 5.11 Å². The summed E-state index contributed by atoms with van der Waals surface area (Å²) in [6.45, 7) is 1.77. The Morgan fingerprint density at radius 2 is 2.23 bits per heavy atom. The number of aliphatic carboxylic acids is 1. The Bertz CT molecular complexity index is 353. The number of benzene rings is 1. The van der Waals surface area contributed by atoms with E-state index < -0.39 is 5.97 Å². The van der Waals surface area contributed by atoms with Crippen LogP contribution in [0.1, 0.15) is 11.1 Å². The van der Waals surface area contributed by atoms with Crippen LogP contribution in [0.15, 0.2) is 24.3 Å². The van der Waals surface area contributed by atoms with Crippen molar-refractivity contribution in [1.82, 2.24) is 0 Å². The molecule has 3 nitrogen and oxygen atoms in total. The molecule has 1 aromatic carbocycles. The van der Waals surface area contributed by atoms with Crippen molar-refractivity contribution >= 4 is 12.0 Å². The fourth-order valence-electron chi connectivity index (χ4n) is 0.996. The number of aryl methyl sites for hydroxylation is 1. The van der Waals surface area contributed by atoms with Crippen molar-refractivity contribution in [1.29, 1.82) is 0 Å². The molecule has 0 aromatic heterocycles. The quantitative estimate of drug-likeness (QED) is 0.689. The van der Waals surface area contributed by atoms with Gasteiger partial charge in [0.25, 0.3) is 0 Å². The molecule has 1 rings (SSSR count).